The second-order valence-electron chi connectivity index (χ2n) is 8.87. The third-order valence-corrected chi connectivity index (χ3v) is 6.99. The number of nitrogens with one attached hydrogen (secondary N) is 1. The smallest absolute Gasteiger partial charge is 0.326 e. The molecular formula is C25H30Cl2N2O6. The van der Waals surface area contributed by atoms with Gasteiger partial charge in [-0.15, -0.1) is 0 Å². The number of carboxylic acids is 2. The van der Waals surface area contributed by atoms with E-state index >= 15 is 0 Å². The molecule has 1 heterocycles. The molecule has 0 saturated heterocycles. The first-order chi connectivity index (χ1) is 16.4. The first kappa shape index (κ1) is 28.4. The highest BCUT2D eigenvalue weighted by molar-refractivity contribution is 6.36. The van der Waals surface area contributed by atoms with Crippen molar-refractivity contribution in [3.05, 3.63) is 58.4 Å². The summed E-state index contributed by atoms with van der Waals surface area (Å²) in [5.74, 6) is -3.44. The van der Waals surface area contributed by atoms with E-state index in [1.54, 1.807) is 32.1 Å². The highest BCUT2D eigenvalue weighted by Crippen LogP contribution is 2.51. The Hall–Kier alpha value is -2.84. The predicted octanol–water partition coefficient (Wildman–Crippen LogP) is 4.53. The largest absolute Gasteiger partial charge is 0.487 e. The first-order valence-corrected chi connectivity index (χ1v) is 11.9. The van der Waals surface area contributed by atoms with Crippen molar-refractivity contribution in [3.8, 4) is 5.75 Å². The minimum Gasteiger partial charge on any atom is -0.487 e. The van der Waals surface area contributed by atoms with Gasteiger partial charge in [0.25, 0.3) is 0 Å². The van der Waals surface area contributed by atoms with Gasteiger partial charge in [0.2, 0.25) is 5.91 Å². The Kier molecular flexibility index (Phi) is 9.92. The van der Waals surface area contributed by atoms with Crippen molar-refractivity contribution in [1.29, 1.82) is 0 Å². The van der Waals surface area contributed by atoms with Crippen molar-refractivity contribution in [2.75, 3.05) is 6.61 Å². The third kappa shape index (κ3) is 7.08. The van der Waals surface area contributed by atoms with Crippen molar-refractivity contribution in [2.45, 2.75) is 46.1 Å². The summed E-state index contributed by atoms with van der Waals surface area (Å²) >= 11 is 12.5. The quantitative estimate of drug-likeness (QED) is 0.343. The van der Waals surface area contributed by atoms with Crippen LogP contribution in [0, 0.1) is 17.3 Å². The lowest BCUT2D eigenvalue weighted by Gasteiger charge is -2.48. The molecule has 1 aliphatic rings. The number of halogens is 2. The summed E-state index contributed by atoms with van der Waals surface area (Å²) in [6, 6.07) is 2.03. The summed E-state index contributed by atoms with van der Waals surface area (Å²) in [5.41, 5.74) is 0.254. The summed E-state index contributed by atoms with van der Waals surface area (Å²) in [7, 11) is 0. The molecule has 1 aliphatic carbocycles. The molecule has 0 radical (unpaired) electrons. The molecule has 190 valence electrons. The summed E-state index contributed by atoms with van der Waals surface area (Å²) in [6.07, 6.45) is 5.57. The van der Waals surface area contributed by atoms with E-state index in [-0.39, 0.29) is 19.4 Å². The van der Waals surface area contributed by atoms with Gasteiger partial charge in [-0.3, -0.25) is 14.6 Å². The fourth-order valence-electron chi connectivity index (χ4n) is 3.92. The molecule has 0 bridgehead atoms. The second kappa shape index (κ2) is 12.2. The lowest BCUT2D eigenvalue weighted by molar-refractivity contribution is -0.164. The Morgan fingerprint density at radius 1 is 1.29 bits per heavy atom. The number of carbonyl (C=O) groups is 3. The fraction of sp³-hybridized carbons (Fsp3) is 0.440. The Morgan fingerprint density at radius 3 is 2.46 bits per heavy atom. The summed E-state index contributed by atoms with van der Waals surface area (Å²) in [5, 5.41) is 22.2. The lowest BCUT2D eigenvalue weighted by Crippen LogP contribution is -2.57. The van der Waals surface area contributed by atoms with Crippen LogP contribution in [-0.4, -0.2) is 45.7 Å². The van der Waals surface area contributed by atoms with Gasteiger partial charge in [-0.25, -0.2) is 4.79 Å². The average molecular weight is 525 g/mol. The van der Waals surface area contributed by atoms with E-state index in [0.717, 1.165) is 6.42 Å². The molecule has 1 fully saturated rings. The number of nitrogens with zero attached hydrogens (tertiary/aromatic N) is 1. The van der Waals surface area contributed by atoms with Crippen molar-refractivity contribution in [2.24, 2.45) is 17.3 Å². The van der Waals surface area contributed by atoms with E-state index in [9.17, 15) is 24.6 Å². The van der Waals surface area contributed by atoms with Gasteiger partial charge in [-0.05, 0) is 30.4 Å². The number of pyridine rings is 1. The van der Waals surface area contributed by atoms with Crippen LogP contribution in [-0.2, 0) is 20.8 Å². The molecule has 1 amide bonds. The zero-order chi connectivity index (χ0) is 26.3. The van der Waals surface area contributed by atoms with Crippen LogP contribution in [0.4, 0.5) is 0 Å². The standard InChI is InChI=1S/C25H30Cl2N2O6/c1-5-7-20(27)16(19(26)6-2)13-35-15-9-8-14(28-12-15)10-21(24(33)34)29-22(30)17-11-18(23(31)32)25(17,3)4/h6-9,12,17-18,21H,2,5,10-11,13H2,1,3-4H3,(H,29,30)(H,31,32)(H,33,34)/b19-16+,20-7+. The molecule has 35 heavy (non-hydrogen) atoms. The molecule has 1 saturated carbocycles. The summed E-state index contributed by atoms with van der Waals surface area (Å²) < 4.78 is 5.72. The number of rotatable bonds is 12. The molecule has 1 aromatic heterocycles. The van der Waals surface area contributed by atoms with Crippen LogP contribution in [0.15, 0.2) is 52.7 Å². The molecule has 3 N–H and O–H groups in total. The van der Waals surface area contributed by atoms with Gasteiger partial charge in [0, 0.05) is 33.7 Å². The summed E-state index contributed by atoms with van der Waals surface area (Å²) in [4.78, 5) is 39.9. The van der Waals surface area contributed by atoms with Gasteiger partial charge in [0.1, 0.15) is 18.4 Å². The van der Waals surface area contributed by atoms with Crippen molar-refractivity contribution in [3.63, 3.8) is 0 Å². The van der Waals surface area contributed by atoms with E-state index in [4.69, 9.17) is 27.9 Å². The lowest BCUT2D eigenvalue weighted by atomic mass is 9.54. The van der Waals surface area contributed by atoms with Gasteiger partial charge < -0.3 is 20.3 Å². The molecule has 10 heteroatoms. The number of ether oxygens (including phenoxy) is 1. The number of amides is 1. The number of hydrogen-bond acceptors (Lipinski definition) is 5. The Bertz CT molecular complexity index is 1030. The highest BCUT2D eigenvalue weighted by Gasteiger charge is 2.55. The molecule has 0 aliphatic heterocycles. The number of carboxylic acid groups (broad SMARTS) is 2. The normalized spacial score (nSPS) is 20.7. The number of carbonyl (C=O) groups excluding carboxylic acids is 1. The maximum atomic E-state index is 12.7. The average Bonchev–Trinajstić information content (AvgIpc) is 2.78. The van der Waals surface area contributed by atoms with Crippen LogP contribution >= 0.6 is 23.2 Å². The molecule has 0 spiro atoms. The molecule has 3 atom stereocenters. The highest BCUT2D eigenvalue weighted by atomic mass is 35.5. The maximum Gasteiger partial charge on any atom is 0.326 e. The second-order valence-corrected chi connectivity index (χ2v) is 9.68. The van der Waals surface area contributed by atoms with E-state index in [1.807, 2.05) is 6.92 Å². The third-order valence-electron chi connectivity index (χ3n) is 6.23. The number of hydrogen-bond donors (Lipinski definition) is 3. The number of aromatic nitrogens is 1. The van der Waals surface area contributed by atoms with Crippen LogP contribution in [0.3, 0.4) is 0 Å². The molecular weight excluding hydrogens is 495 g/mol. The monoisotopic (exact) mass is 524 g/mol. The SMILES string of the molecule is C=C/C(Cl)=C(COc1ccc(CC(NC(=O)C2CC(C(=O)O)C2(C)C)C(=O)O)nc1)\C(Cl)=C/CC. The zero-order valence-electron chi connectivity index (χ0n) is 19.9. The van der Waals surface area contributed by atoms with Gasteiger partial charge >= 0.3 is 11.9 Å². The van der Waals surface area contributed by atoms with Crippen LogP contribution in [0.25, 0.3) is 0 Å². The van der Waals surface area contributed by atoms with Crippen LogP contribution in [0.1, 0.15) is 39.3 Å². The van der Waals surface area contributed by atoms with E-state index in [1.165, 1.54) is 12.3 Å². The molecule has 0 aromatic carbocycles. The van der Waals surface area contributed by atoms with Gasteiger partial charge in [0.15, 0.2) is 0 Å². The van der Waals surface area contributed by atoms with Gasteiger partial charge in [-0.1, -0.05) is 62.7 Å². The van der Waals surface area contributed by atoms with Gasteiger partial charge in [0.05, 0.1) is 12.1 Å². The van der Waals surface area contributed by atoms with Crippen molar-refractivity contribution < 1.29 is 29.3 Å². The van der Waals surface area contributed by atoms with Crippen LogP contribution in [0.5, 0.6) is 5.75 Å². The van der Waals surface area contributed by atoms with E-state index in [0.29, 0.717) is 27.1 Å². The molecule has 8 nitrogen and oxygen atoms in total. The van der Waals surface area contributed by atoms with Crippen LogP contribution < -0.4 is 10.1 Å². The molecule has 2 rings (SSSR count). The fourth-order valence-corrected chi connectivity index (χ4v) is 4.44. The minimum absolute atomic E-state index is 0.0463. The molecule has 1 aromatic rings. The summed E-state index contributed by atoms with van der Waals surface area (Å²) in [6.45, 7) is 9.07. The van der Waals surface area contributed by atoms with Crippen molar-refractivity contribution >= 4 is 41.0 Å². The predicted molar refractivity (Wildman–Crippen MR) is 133 cm³/mol. The zero-order valence-corrected chi connectivity index (χ0v) is 21.4. The number of allylic oxidation sites excluding steroid dienone is 3. The molecule has 3 unspecified atom stereocenters. The van der Waals surface area contributed by atoms with E-state index < -0.39 is 41.1 Å². The van der Waals surface area contributed by atoms with E-state index in [2.05, 4.69) is 16.9 Å². The Morgan fingerprint density at radius 2 is 1.97 bits per heavy atom. The van der Waals surface area contributed by atoms with Gasteiger partial charge in [-0.2, -0.15) is 0 Å². The van der Waals surface area contributed by atoms with Crippen LogP contribution in [0.2, 0.25) is 0 Å². The number of aliphatic carboxylic acids is 2. The first-order valence-electron chi connectivity index (χ1n) is 11.1. The maximum absolute atomic E-state index is 12.7. The Balaban J connectivity index is 2.02. The topological polar surface area (TPSA) is 126 Å². The van der Waals surface area contributed by atoms with Crippen molar-refractivity contribution in [1.82, 2.24) is 10.3 Å². The Labute approximate surface area is 214 Å². The minimum atomic E-state index is -1.21.